The predicted molar refractivity (Wildman–Crippen MR) is 142 cm³/mol. The first kappa shape index (κ1) is 19.7. The molecule has 4 nitrogen and oxygen atoms in total. The second kappa shape index (κ2) is 7.67. The number of aryl methyl sites for hydroxylation is 1. The van der Waals surface area contributed by atoms with Crippen LogP contribution in [0, 0.1) is 6.92 Å². The largest absolute Gasteiger partial charge is 0.453 e. The molecule has 0 spiro atoms. The summed E-state index contributed by atoms with van der Waals surface area (Å²) in [6.45, 7) is 2.10. The van der Waals surface area contributed by atoms with Crippen LogP contribution in [0.25, 0.3) is 55.8 Å². The van der Waals surface area contributed by atoms with Crippen LogP contribution in [0.2, 0.25) is 0 Å². The quantitative estimate of drug-likeness (QED) is 0.246. The summed E-state index contributed by atoms with van der Waals surface area (Å²) in [5.74, 6) is 0. The Morgan fingerprint density at radius 1 is 0.429 bits per heavy atom. The van der Waals surface area contributed by atoms with E-state index in [1.165, 1.54) is 5.56 Å². The molecule has 7 rings (SSSR count). The Balaban J connectivity index is 1.67. The zero-order chi connectivity index (χ0) is 23.4. The normalized spacial score (nSPS) is 11.6. The maximum atomic E-state index is 6.47. The fraction of sp³-hybridized carbons (Fsp3) is 0.0323. The van der Waals surface area contributed by atoms with E-state index in [0.29, 0.717) is 0 Å². The number of hydrogen-bond acceptors (Lipinski definition) is 2. The first-order chi connectivity index (χ1) is 17.3. The molecule has 0 saturated carbocycles. The van der Waals surface area contributed by atoms with Crippen LogP contribution in [-0.2, 0) is 0 Å². The van der Waals surface area contributed by atoms with E-state index >= 15 is 0 Å². The van der Waals surface area contributed by atoms with Gasteiger partial charge in [-0.05, 0) is 55.5 Å². The average molecular weight is 455 g/mol. The highest BCUT2D eigenvalue weighted by Crippen LogP contribution is 2.34. The first-order valence-corrected chi connectivity index (χ1v) is 11.7. The molecular formula is C31H22N2O2. The van der Waals surface area contributed by atoms with Crippen molar-refractivity contribution in [1.29, 1.82) is 0 Å². The van der Waals surface area contributed by atoms with E-state index in [1.807, 2.05) is 42.5 Å². The number of fused-ring (bicyclic) bond motifs is 4. The predicted octanol–water partition coefficient (Wildman–Crippen LogP) is 8.50. The van der Waals surface area contributed by atoms with Gasteiger partial charge in [0.05, 0.1) is 22.1 Å². The Labute approximate surface area is 201 Å². The molecule has 2 heterocycles. The van der Waals surface area contributed by atoms with E-state index in [1.54, 1.807) is 0 Å². The Morgan fingerprint density at radius 3 is 1.43 bits per heavy atom. The van der Waals surface area contributed by atoms with Crippen molar-refractivity contribution in [2.45, 2.75) is 6.92 Å². The molecule has 5 aromatic carbocycles. The molecule has 0 unspecified atom stereocenters. The van der Waals surface area contributed by atoms with Gasteiger partial charge in [0.15, 0.2) is 22.3 Å². The summed E-state index contributed by atoms with van der Waals surface area (Å²) < 4.78 is 17.4. The molecule has 0 bridgehead atoms. The lowest BCUT2D eigenvalue weighted by Gasteiger charge is -2.18. The Morgan fingerprint density at radius 2 is 0.886 bits per heavy atom. The van der Waals surface area contributed by atoms with E-state index in [4.69, 9.17) is 8.83 Å². The molecule has 0 aliphatic carbocycles. The molecule has 2 aromatic heterocycles. The summed E-state index contributed by atoms with van der Waals surface area (Å²) in [6.07, 6.45) is 0. The Hall–Kier alpha value is -4.70. The van der Waals surface area contributed by atoms with Crippen molar-refractivity contribution >= 4 is 44.4 Å². The van der Waals surface area contributed by atoms with Crippen molar-refractivity contribution in [2.24, 2.45) is 0 Å². The molecule has 0 radical (unpaired) electrons. The summed E-state index contributed by atoms with van der Waals surface area (Å²) in [5, 5.41) is 0. The second-order valence-corrected chi connectivity index (χ2v) is 8.77. The van der Waals surface area contributed by atoms with Gasteiger partial charge in [0.2, 0.25) is 0 Å². The molecule has 0 aliphatic heterocycles. The van der Waals surface area contributed by atoms with Gasteiger partial charge in [0.1, 0.15) is 0 Å². The molecule has 168 valence electrons. The third kappa shape index (κ3) is 3.15. The number of hydrogen-bond donors (Lipinski definition) is 0. The van der Waals surface area contributed by atoms with E-state index in [9.17, 15) is 0 Å². The van der Waals surface area contributed by atoms with Gasteiger partial charge in [0.25, 0.3) is 0 Å². The molecule has 0 amide bonds. The third-order valence-corrected chi connectivity index (χ3v) is 6.48. The van der Waals surface area contributed by atoms with Crippen molar-refractivity contribution < 1.29 is 8.83 Å². The molecule has 0 saturated heterocycles. The lowest BCUT2D eigenvalue weighted by Crippen LogP contribution is -2.03. The van der Waals surface area contributed by atoms with Gasteiger partial charge in [-0.2, -0.15) is 0 Å². The number of nitrogens with zero attached hydrogens (tertiary/aromatic N) is 2. The van der Waals surface area contributed by atoms with Crippen molar-refractivity contribution in [3.8, 4) is 11.4 Å². The maximum absolute atomic E-state index is 6.47. The molecular weight excluding hydrogens is 432 g/mol. The lowest BCUT2D eigenvalue weighted by atomic mass is 10.1. The van der Waals surface area contributed by atoms with E-state index in [0.717, 1.165) is 55.8 Å². The van der Waals surface area contributed by atoms with Gasteiger partial charge >= 0.3 is 0 Å². The summed E-state index contributed by atoms with van der Waals surface area (Å²) in [4.78, 5) is 0. The monoisotopic (exact) mass is 454 g/mol. The fourth-order valence-corrected chi connectivity index (χ4v) is 4.83. The van der Waals surface area contributed by atoms with Crippen LogP contribution in [0.4, 0.5) is 0 Å². The van der Waals surface area contributed by atoms with E-state index < -0.39 is 0 Å². The molecule has 7 aromatic rings. The molecule has 0 fully saturated rings. The standard InChI is InChI=1S/C31H22N2O2/c1-21-15-17-23(18-16-21)33-25-12-6-8-14-29(25)35-31-19-26-30(20-27(31)33)34-28-13-7-5-11-24(28)32(26)22-9-3-2-4-10-22/h2-20H,1H3. The topological polar surface area (TPSA) is 36.1 Å². The summed E-state index contributed by atoms with van der Waals surface area (Å²) in [5.41, 5.74) is 10.5. The Kier molecular flexibility index (Phi) is 4.33. The molecule has 35 heavy (non-hydrogen) atoms. The molecule has 0 aliphatic rings. The minimum atomic E-state index is 0.784. The highest BCUT2D eigenvalue weighted by molar-refractivity contribution is 5.97. The number of para-hydroxylation sites is 5. The van der Waals surface area contributed by atoms with Crippen LogP contribution in [-0.4, -0.2) is 9.13 Å². The van der Waals surface area contributed by atoms with Crippen molar-refractivity contribution in [1.82, 2.24) is 9.13 Å². The lowest BCUT2D eigenvalue weighted by molar-refractivity contribution is 0.643. The maximum Gasteiger partial charge on any atom is 0.153 e. The van der Waals surface area contributed by atoms with Gasteiger partial charge in [-0.25, -0.2) is 0 Å². The fourth-order valence-electron chi connectivity index (χ4n) is 4.83. The summed E-state index contributed by atoms with van der Waals surface area (Å²) in [7, 11) is 0. The van der Waals surface area contributed by atoms with Gasteiger partial charge in [0, 0.05) is 23.5 Å². The van der Waals surface area contributed by atoms with Crippen LogP contribution in [0.3, 0.4) is 0 Å². The zero-order valence-electron chi connectivity index (χ0n) is 19.2. The van der Waals surface area contributed by atoms with Crippen molar-refractivity contribution in [3.63, 3.8) is 0 Å². The van der Waals surface area contributed by atoms with Crippen LogP contribution in [0.5, 0.6) is 0 Å². The number of benzene rings is 5. The van der Waals surface area contributed by atoms with Crippen LogP contribution in [0.15, 0.2) is 124 Å². The first-order valence-electron chi connectivity index (χ1n) is 11.7. The van der Waals surface area contributed by atoms with Crippen LogP contribution >= 0.6 is 0 Å². The second-order valence-electron chi connectivity index (χ2n) is 8.77. The molecule has 0 atom stereocenters. The SMILES string of the molecule is Cc1ccc(-n2c3ccccc3oc3cc4c(cc32)oc2ccccc2n4-c2ccccc2)cc1. The van der Waals surface area contributed by atoms with Crippen LogP contribution < -0.4 is 0 Å². The van der Waals surface area contributed by atoms with Gasteiger partial charge in [-0.15, -0.1) is 0 Å². The molecule has 4 heteroatoms. The van der Waals surface area contributed by atoms with E-state index in [-0.39, 0.29) is 0 Å². The molecule has 0 N–H and O–H groups in total. The summed E-state index contributed by atoms with van der Waals surface area (Å²) in [6, 6.07) is 39.4. The zero-order valence-corrected chi connectivity index (χ0v) is 19.2. The Bertz CT molecular complexity index is 1900. The third-order valence-electron chi connectivity index (χ3n) is 6.48. The van der Waals surface area contributed by atoms with Crippen LogP contribution in [0.1, 0.15) is 5.56 Å². The average Bonchev–Trinajstić information content (AvgIpc) is 2.90. The minimum Gasteiger partial charge on any atom is -0.453 e. The summed E-state index contributed by atoms with van der Waals surface area (Å²) >= 11 is 0. The van der Waals surface area contributed by atoms with Crippen molar-refractivity contribution in [2.75, 3.05) is 0 Å². The van der Waals surface area contributed by atoms with Gasteiger partial charge < -0.3 is 18.0 Å². The van der Waals surface area contributed by atoms with Gasteiger partial charge in [-0.3, -0.25) is 0 Å². The number of rotatable bonds is 2. The smallest absolute Gasteiger partial charge is 0.153 e. The van der Waals surface area contributed by atoms with Gasteiger partial charge in [-0.1, -0.05) is 60.2 Å². The van der Waals surface area contributed by atoms with Crippen molar-refractivity contribution in [3.05, 3.63) is 121 Å². The number of aromatic nitrogens is 2. The highest BCUT2D eigenvalue weighted by Gasteiger charge is 2.16. The minimum absolute atomic E-state index is 0.784. The van der Waals surface area contributed by atoms with E-state index in [2.05, 4.69) is 88.9 Å². The highest BCUT2D eigenvalue weighted by atomic mass is 16.3.